The highest BCUT2D eigenvalue weighted by atomic mass is 16.5. The van der Waals surface area contributed by atoms with Gasteiger partial charge in [-0.1, -0.05) is 42.5 Å². The van der Waals surface area contributed by atoms with Crippen molar-refractivity contribution in [2.45, 2.75) is 25.0 Å². The Morgan fingerprint density at radius 1 is 1.13 bits per heavy atom. The number of ether oxygens (including phenoxy) is 1. The van der Waals surface area contributed by atoms with E-state index in [-0.39, 0.29) is 18.1 Å². The van der Waals surface area contributed by atoms with E-state index in [1.54, 1.807) is 0 Å². The first kappa shape index (κ1) is 19.0. The average molecular weight is 399 g/mol. The van der Waals surface area contributed by atoms with Crippen LogP contribution in [0.3, 0.4) is 0 Å². The lowest BCUT2D eigenvalue weighted by Crippen LogP contribution is -2.55. The fraction of sp³-hybridized carbons (Fsp3) is 0.308. The molecule has 4 nitrogen and oxygen atoms in total. The van der Waals surface area contributed by atoms with Gasteiger partial charge in [0.05, 0.1) is 17.1 Å². The number of piperidine rings is 3. The second-order valence-corrected chi connectivity index (χ2v) is 8.36. The summed E-state index contributed by atoms with van der Waals surface area (Å²) >= 11 is 0. The Hall–Kier alpha value is -2.98. The first-order valence-electron chi connectivity index (χ1n) is 10.7. The molecule has 0 aliphatic carbocycles. The van der Waals surface area contributed by atoms with E-state index < -0.39 is 0 Å². The molecule has 152 valence electrons. The van der Waals surface area contributed by atoms with Gasteiger partial charge in [-0.3, -0.25) is 9.88 Å². The van der Waals surface area contributed by atoms with E-state index in [0.29, 0.717) is 17.4 Å². The normalized spacial score (nSPS) is 26.3. The molecule has 4 heteroatoms. The minimum Gasteiger partial charge on any atom is -0.452 e. The maximum absolute atomic E-state index is 13.1. The largest absolute Gasteiger partial charge is 0.452 e. The first-order valence-corrected chi connectivity index (χ1v) is 10.7. The molecule has 6 rings (SSSR count). The van der Waals surface area contributed by atoms with Crippen molar-refractivity contribution in [1.82, 2.24) is 9.88 Å². The zero-order valence-electron chi connectivity index (χ0n) is 17.0. The molecule has 0 N–H and O–H groups in total. The van der Waals surface area contributed by atoms with Crippen molar-refractivity contribution in [2.75, 3.05) is 13.1 Å². The van der Waals surface area contributed by atoms with Gasteiger partial charge in [0.15, 0.2) is 0 Å². The summed E-state index contributed by atoms with van der Waals surface area (Å²) in [4.78, 5) is 20.1. The number of hydrogen-bond donors (Lipinski definition) is 0. The molecule has 3 saturated heterocycles. The molecule has 0 radical (unpaired) electrons. The van der Waals surface area contributed by atoms with Crippen LogP contribution in [0.1, 0.15) is 34.9 Å². The maximum atomic E-state index is 13.1. The molecule has 3 aromatic rings. The lowest BCUT2D eigenvalue weighted by molar-refractivity contribution is -0.0568. The van der Waals surface area contributed by atoms with Crippen molar-refractivity contribution < 1.29 is 9.53 Å². The Kier molecular flexibility index (Phi) is 5.09. The number of hydrogen-bond acceptors (Lipinski definition) is 4. The van der Waals surface area contributed by atoms with Gasteiger partial charge in [-0.05, 0) is 55.5 Å². The molecule has 3 fully saturated rings. The second kappa shape index (κ2) is 8.04. The summed E-state index contributed by atoms with van der Waals surface area (Å²) in [5.41, 5.74) is 2.55. The summed E-state index contributed by atoms with van der Waals surface area (Å²) in [5.74, 6) is 0.850. The Morgan fingerprint density at radius 3 is 2.70 bits per heavy atom. The van der Waals surface area contributed by atoms with Gasteiger partial charge >= 0.3 is 5.97 Å². The number of esters is 1. The minimum atomic E-state index is -0.334. The summed E-state index contributed by atoms with van der Waals surface area (Å²) in [6.07, 6.45) is 5.78. The van der Waals surface area contributed by atoms with Crippen LogP contribution in [0.4, 0.5) is 0 Å². The van der Waals surface area contributed by atoms with Crippen molar-refractivity contribution in [3.8, 4) is 0 Å². The molecule has 1 aromatic heterocycles. The van der Waals surface area contributed by atoms with Crippen molar-refractivity contribution in [3.63, 3.8) is 0 Å². The molecule has 5 atom stereocenters. The van der Waals surface area contributed by atoms with Gasteiger partial charge in [-0.25, -0.2) is 4.79 Å². The standard InChI is InChI=1S/C26H26N2O2/c1-2-18-17-28-15-13-20(18)16-24(28)25(30-26(29)19-8-4-3-5-9-19)22-12-14-27-23-11-7-6-10-21(22)23/h2-12,14,18,20,24-25H,1,13,15-17H2/t18-,20-,24-,25+/m1/s1. The Morgan fingerprint density at radius 2 is 1.93 bits per heavy atom. The van der Waals surface area contributed by atoms with Crippen LogP contribution in [-0.4, -0.2) is 35.0 Å². The monoisotopic (exact) mass is 398 g/mol. The third-order valence-corrected chi connectivity index (χ3v) is 6.74. The fourth-order valence-corrected chi connectivity index (χ4v) is 5.17. The number of benzene rings is 2. The number of carbonyl (C=O) groups is 1. The van der Waals surface area contributed by atoms with E-state index in [1.807, 2.05) is 60.8 Å². The van der Waals surface area contributed by atoms with E-state index in [9.17, 15) is 4.79 Å². The molecule has 4 heterocycles. The zero-order valence-corrected chi connectivity index (χ0v) is 17.0. The number of fused-ring (bicyclic) bond motifs is 4. The Bertz CT molecular complexity index is 1060. The van der Waals surface area contributed by atoms with Gasteiger partial charge in [0.1, 0.15) is 6.10 Å². The third-order valence-electron chi connectivity index (χ3n) is 6.74. The molecule has 1 unspecified atom stereocenters. The topological polar surface area (TPSA) is 42.4 Å². The Labute approximate surface area is 177 Å². The summed E-state index contributed by atoms with van der Waals surface area (Å²) in [6.45, 7) is 6.07. The third kappa shape index (κ3) is 3.41. The number of carbonyl (C=O) groups excluding carboxylic acids is 1. The molecule has 2 aromatic carbocycles. The van der Waals surface area contributed by atoms with Crippen LogP contribution < -0.4 is 0 Å². The van der Waals surface area contributed by atoms with Crippen LogP contribution in [0.5, 0.6) is 0 Å². The number of nitrogens with zero attached hydrogens (tertiary/aromatic N) is 2. The zero-order chi connectivity index (χ0) is 20.5. The maximum Gasteiger partial charge on any atom is 0.338 e. The average Bonchev–Trinajstić information content (AvgIpc) is 2.83. The molecule has 2 bridgehead atoms. The van der Waals surface area contributed by atoms with E-state index in [2.05, 4.69) is 28.6 Å². The van der Waals surface area contributed by atoms with Crippen LogP contribution in [0.2, 0.25) is 0 Å². The highest BCUT2D eigenvalue weighted by molar-refractivity contribution is 5.90. The van der Waals surface area contributed by atoms with Crippen molar-refractivity contribution in [3.05, 3.63) is 90.6 Å². The van der Waals surface area contributed by atoms with Crippen LogP contribution in [-0.2, 0) is 4.74 Å². The summed E-state index contributed by atoms with van der Waals surface area (Å²) in [6, 6.07) is 19.5. The number of para-hydroxylation sites is 1. The second-order valence-electron chi connectivity index (χ2n) is 8.36. The van der Waals surface area contributed by atoms with E-state index >= 15 is 0 Å². The number of aromatic nitrogens is 1. The number of pyridine rings is 1. The van der Waals surface area contributed by atoms with Crippen molar-refractivity contribution in [2.24, 2.45) is 11.8 Å². The molecule has 0 spiro atoms. The molecular weight excluding hydrogens is 372 g/mol. The molecule has 3 aliphatic rings. The predicted molar refractivity (Wildman–Crippen MR) is 118 cm³/mol. The molecular formula is C26H26N2O2. The SMILES string of the molecule is C=C[C@@H]1CN2CC[C@@H]1C[C@@H]2[C@@H](OC(=O)c1ccccc1)c1ccnc2ccccc12. The number of rotatable bonds is 5. The van der Waals surface area contributed by atoms with Gasteiger partial charge in [0, 0.05) is 23.7 Å². The van der Waals surface area contributed by atoms with E-state index in [0.717, 1.165) is 36.0 Å². The van der Waals surface area contributed by atoms with Crippen LogP contribution in [0.25, 0.3) is 10.9 Å². The predicted octanol–water partition coefficient (Wildman–Crippen LogP) is 5.03. The highest BCUT2D eigenvalue weighted by Crippen LogP contribution is 2.43. The van der Waals surface area contributed by atoms with Gasteiger partial charge in [0.2, 0.25) is 0 Å². The lowest BCUT2D eigenvalue weighted by atomic mass is 9.73. The molecule has 3 aliphatic heterocycles. The van der Waals surface area contributed by atoms with Crippen LogP contribution in [0, 0.1) is 11.8 Å². The van der Waals surface area contributed by atoms with Gasteiger partial charge in [0.25, 0.3) is 0 Å². The molecule has 0 saturated carbocycles. The fourth-order valence-electron chi connectivity index (χ4n) is 5.17. The van der Waals surface area contributed by atoms with Crippen LogP contribution in [0.15, 0.2) is 79.5 Å². The van der Waals surface area contributed by atoms with Gasteiger partial charge < -0.3 is 4.74 Å². The summed E-state index contributed by atoms with van der Waals surface area (Å²) in [5, 5.41) is 1.05. The van der Waals surface area contributed by atoms with Crippen molar-refractivity contribution in [1.29, 1.82) is 0 Å². The summed E-state index contributed by atoms with van der Waals surface area (Å²) < 4.78 is 6.26. The highest BCUT2D eigenvalue weighted by Gasteiger charge is 2.44. The van der Waals surface area contributed by atoms with E-state index in [1.165, 1.54) is 6.42 Å². The van der Waals surface area contributed by atoms with Gasteiger partial charge in [-0.2, -0.15) is 0 Å². The van der Waals surface area contributed by atoms with Crippen LogP contribution >= 0.6 is 0 Å². The minimum absolute atomic E-state index is 0.165. The smallest absolute Gasteiger partial charge is 0.338 e. The molecule has 0 amide bonds. The van der Waals surface area contributed by atoms with Gasteiger partial charge in [-0.15, -0.1) is 6.58 Å². The Balaban J connectivity index is 1.54. The van der Waals surface area contributed by atoms with E-state index in [4.69, 9.17) is 4.74 Å². The lowest BCUT2D eigenvalue weighted by Gasteiger charge is -2.51. The first-order chi connectivity index (χ1) is 14.7. The molecule has 30 heavy (non-hydrogen) atoms. The summed E-state index contributed by atoms with van der Waals surface area (Å²) in [7, 11) is 0. The quantitative estimate of drug-likeness (QED) is 0.447. The van der Waals surface area contributed by atoms with Crippen molar-refractivity contribution >= 4 is 16.9 Å².